The van der Waals surface area contributed by atoms with Gasteiger partial charge in [0.25, 0.3) is 5.22 Å². The molecule has 146 valence electrons. The van der Waals surface area contributed by atoms with Crippen LogP contribution in [0.4, 0.5) is 0 Å². The van der Waals surface area contributed by atoms with Crippen LogP contribution in [0.3, 0.4) is 0 Å². The van der Waals surface area contributed by atoms with Gasteiger partial charge in [0.15, 0.2) is 5.58 Å². The summed E-state index contributed by atoms with van der Waals surface area (Å²) in [7, 11) is -3.60. The molecule has 1 aliphatic heterocycles. The third-order valence-corrected chi connectivity index (χ3v) is 7.21. The highest BCUT2D eigenvalue weighted by Crippen LogP contribution is 2.24. The molecule has 7 nitrogen and oxygen atoms in total. The Morgan fingerprint density at radius 3 is 2.64 bits per heavy atom. The van der Waals surface area contributed by atoms with E-state index in [4.69, 9.17) is 4.42 Å². The number of aryl methyl sites for hydroxylation is 1. The molecule has 2 aromatic carbocycles. The second kappa shape index (κ2) is 7.57. The third kappa shape index (κ3) is 3.78. The summed E-state index contributed by atoms with van der Waals surface area (Å²) < 4.78 is 32.4. The van der Waals surface area contributed by atoms with Gasteiger partial charge in [-0.05, 0) is 31.2 Å². The van der Waals surface area contributed by atoms with Gasteiger partial charge >= 0.3 is 0 Å². The zero-order chi connectivity index (χ0) is 19.7. The van der Waals surface area contributed by atoms with Crippen LogP contribution in [-0.2, 0) is 14.8 Å². The molecular weight excluding hydrogens is 398 g/mol. The van der Waals surface area contributed by atoms with Gasteiger partial charge in [-0.1, -0.05) is 41.6 Å². The third-order valence-electron chi connectivity index (χ3n) is 4.55. The molecule has 1 saturated heterocycles. The van der Waals surface area contributed by atoms with Crippen molar-refractivity contribution in [2.75, 3.05) is 25.5 Å². The van der Waals surface area contributed by atoms with E-state index in [1.165, 1.54) is 16.1 Å². The molecule has 9 heteroatoms. The second-order valence-electron chi connectivity index (χ2n) is 6.53. The molecule has 28 heavy (non-hydrogen) atoms. The second-order valence-corrected chi connectivity index (χ2v) is 9.39. The molecule has 0 aliphatic carbocycles. The van der Waals surface area contributed by atoms with Crippen LogP contribution in [0, 0.1) is 6.92 Å². The number of fused-ring (bicyclic) bond motifs is 1. The van der Waals surface area contributed by atoms with E-state index in [0.29, 0.717) is 17.4 Å². The number of aromatic nitrogens is 1. The van der Waals surface area contributed by atoms with Crippen molar-refractivity contribution in [3.63, 3.8) is 0 Å². The Balaban J connectivity index is 1.38. The fourth-order valence-corrected chi connectivity index (χ4v) is 5.08. The van der Waals surface area contributed by atoms with E-state index in [9.17, 15) is 13.2 Å². The van der Waals surface area contributed by atoms with Crippen molar-refractivity contribution in [3.05, 3.63) is 54.1 Å². The number of amides is 1. The summed E-state index contributed by atoms with van der Waals surface area (Å²) in [6.07, 6.45) is 0. The lowest BCUT2D eigenvalue weighted by atomic mass is 10.2. The Bertz CT molecular complexity index is 1080. The van der Waals surface area contributed by atoms with Gasteiger partial charge in [-0.15, -0.1) is 0 Å². The number of rotatable bonds is 5. The minimum absolute atomic E-state index is 0.0587. The Kier molecular flexibility index (Phi) is 5.13. The molecule has 1 fully saturated rings. The number of carbonyl (C=O) groups excluding carboxylic acids is 1. The Morgan fingerprint density at radius 2 is 1.89 bits per heavy atom. The predicted octanol–water partition coefficient (Wildman–Crippen LogP) is 2.72. The number of sulfonamides is 1. The molecule has 0 saturated carbocycles. The maximum Gasteiger partial charge on any atom is 0.257 e. The lowest BCUT2D eigenvalue weighted by molar-refractivity contribution is -0.127. The van der Waals surface area contributed by atoms with Crippen LogP contribution in [0.15, 0.2) is 63.1 Å². The first-order valence-electron chi connectivity index (χ1n) is 8.76. The van der Waals surface area contributed by atoms with E-state index in [-0.39, 0.29) is 29.8 Å². The quantitative estimate of drug-likeness (QED) is 0.594. The maximum absolute atomic E-state index is 12.8. The Hall–Kier alpha value is -2.36. The standard InChI is InChI=1S/C19H19N3O4S2/c1-14-6-8-15(9-7-14)28(24,25)22-11-10-21(13-22)18(23)12-27-19-20-16-4-2-3-5-17(16)26-19/h2-9H,10-13H2,1H3. The van der Waals surface area contributed by atoms with Crippen molar-refractivity contribution < 1.29 is 17.6 Å². The molecule has 0 unspecified atom stereocenters. The fourth-order valence-electron chi connectivity index (χ4n) is 2.95. The highest BCUT2D eigenvalue weighted by atomic mass is 32.2. The number of hydrogen-bond acceptors (Lipinski definition) is 6. The van der Waals surface area contributed by atoms with Gasteiger partial charge in [-0.2, -0.15) is 4.31 Å². The number of carbonyl (C=O) groups is 1. The van der Waals surface area contributed by atoms with Crippen LogP contribution in [-0.4, -0.2) is 54.0 Å². The van der Waals surface area contributed by atoms with Gasteiger partial charge in [0.1, 0.15) is 5.52 Å². The van der Waals surface area contributed by atoms with E-state index in [1.54, 1.807) is 29.2 Å². The Labute approximate surface area is 167 Å². The molecule has 3 aromatic rings. The molecule has 0 radical (unpaired) electrons. The van der Waals surface area contributed by atoms with Crippen LogP contribution < -0.4 is 0 Å². The number of nitrogens with zero attached hydrogens (tertiary/aromatic N) is 3. The first-order valence-corrected chi connectivity index (χ1v) is 11.2. The van der Waals surface area contributed by atoms with E-state index in [2.05, 4.69) is 4.98 Å². The minimum Gasteiger partial charge on any atom is -0.431 e. The number of thioether (sulfide) groups is 1. The lowest BCUT2D eigenvalue weighted by Crippen LogP contribution is -2.34. The molecule has 1 aliphatic rings. The molecule has 2 heterocycles. The summed E-state index contributed by atoms with van der Waals surface area (Å²) in [6.45, 7) is 2.62. The van der Waals surface area contributed by atoms with Crippen molar-refractivity contribution in [1.29, 1.82) is 0 Å². The summed E-state index contributed by atoms with van der Waals surface area (Å²) in [5, 5.41) is 0.429. The van der Waals surface area contributed by atoms with Crippen LogP contribution in [0.2, 0.25) is 0 Å². The monoisotopic (exact) mass is 417 g/mol. The maximum atomic E-state index is 12.8. The van der Waals surface area contributed by atoms with E-state index < -0.39 is 10.0 Å². The zero-order valence-corrected chi connectivity index (χ0v) is 16.9. The van der Waals surface area contributed by atoms with Gasteiger partial charge < -0.3 is 9.32 Å². The minimum atomic E-state index is -3.60. The fraction of sp³-hybridized carbons (Fsp3) is 0.263. The van der Waals surface area contributed by atoms with E-state index in [1.807, 2.05) is 31.2 Å². The van der Waals surface area contributed by atoms with E-state index in [0.717, 1.165) is 11.1 Å². The zero-order valence-electron chi connectivity index (χ0n) is 15.2. The molecule has 4 rings (SSSR count). The normalized spacial score (nSPS) is 15.4. The van der Waals surface area contributed by atoms with Gasteiger partial charge in [-0.25, -0.2) is 13.4 Å². The van der Waals surface area contributed by atoms with E-state index >= 15 is 0 Å². The predicted molar refractivity (Wildman–Crippen MR) is 106 cm³/mol. The highest BCUT2D eigenvalue weighted by Gasteiger charge is 2.33. The first-order chi connectivity index (χ1) is 13.4. The molecule has 0 bridgehead atoms. The van der Waals surface area contributed by atoms with Crippen LogP contribution in [0.5, 0.6) is 0 Å². The Morgan fingerprint density at radius 1 is 1.14 bits per heavy atom. The molecule has 0 spiro atoms. The summed E-state index contributed by atoms with van der Waals surface area (Å²) >= 11 is 1.21. The van der Waals surface area contributed by atoms with Crippen LogP contribution in [0.25, 0.3) is 11.1 Å². The average Bonchev–Trinajstić information content (AvgIpc) is 3.34. The highest BCUT2D eigenvalue weighted by molar-refractivity contribution is 7.99. The van der Waals surface area contributed by atoms with Crippen molar-refractivity contribution >= 4 is 38.8 Å². The van der Waals surface area contributed by atoms with Crippen molar-refractivity contribution in [3.8, 4) is 0 Å². The average molecular weight is 418 g/mol. The van der Waals surface area contributed by atoms with Gasteiger partial charge in [0, 0.05) is 13.1 Å². The summed E-state index contributed by atoms with van der Waals surface area (Å²) in [6, 6.07) is 14.1. The van der Waals surface area contributed by atoms with Crippen molar-refractivity contribution in [2.45, 2.75) is 17.0 Å². The lowest BCUT2D eigenvalue weighted by Gasteiger charge is -2.18. The SMILES string of the molecule is Cc1ccc(S(=O)(=O)N2CCN(C(=O)CSc3nc4ccccc4o3)C2)cc1. The first kappa shape index (κ1) is 19.0. The summed E-state index contributed by atoms with van der Waals surface area (Å²) in [5.74, 6) is -0.000483. The smallest absolute Gasteiger partial charge is 0.257 e. The molecule has 1 amide bonds. The van der Waals surface area contributed by atoms with Gasteiger partial charge in [-0.3, -0.25) is 4.79 Å². The molecule has 0 atom stereocenters. The largest absolute Gasteiger partial charge is 0.431 e. The molecule has 0 N–H and O–H groups in total. The summed E-state index contributed by atoms with van der Waals surface area (Å²) in [5.41, 5.74) is 2.41. The van der Waals surface area contributed by atoms with Crippen molar-refractivity contribution in [1.82, 2.24) is 14.2 Å². The molecule has 1 aromatic heterocycles. The number of oxazole rings is 1. The van der Waals surface area contributed by atoms with Crippen molar-refractivity contribution in [2.24, 2.45) is 0 Å². The molecular formula is C19H19N3O4S2. The number of hydrogen-bond donors (Lipinski definition) is 0. The number of benzene rings is 2. The van der Waals surface area contributed by atoms with Crippen LogP contribution in [0.1, 0.15) is 5.56 Å². The number of para-hydroxylation sites is 2. The van der Waals surface area contributed by atoms with Crippen LogP contribution >= 0.6 is 11.8 Å². The summed E-state index contributed by atoms with van der Waals surface area (Å²) in [4.78, 5) is 18.6. The van der Waals surface area contributed by atoms with Gasteiger partial charge in [0.05, 0.1) is 17.3 Å². The van der Waals surface area contributed by atoms with Gasteiger partial charge in [0.2, 0.25) is 15.9 Å². The topological polar surface area (TPSA) is 83.7 Å².